The zero-order valence-corrected chi connectivity index (χ0v) is 17.9. The highest BCUT2D eigenvalue weighted by Gasteiger charge is 2.33. The number of phenols is 1. The molecule has 0 saturated carbocycles. The second-order valence-corrected chi connectivity index (χ2v) is 9.51. The highest BCUT2D eigenvalue weighted by atomic mass is 19.1. The summed E-state index contributed by atoms with van der Waals surface area (Å²) < 4.78 is 20.1. The summed E-state index contributed by atoms with van der Waals surface area (Å²) in [4.78, 5) is 2.36. The van der Waals surface area contributed by atoms with Gasteiger partial charge < -0.3 is 9.84 Å². The molecule has 1 N–H and O–H groups in total. The van der Waals surface area contributed by atoms with E-state index in [2.05, 4.69) is 25.7 Å². The maximum absolute atomic E-state index is 14.2. The van der Waals surface area contributed by atoms with Gasteiger partial charge in [-0.3, -0.25) is 4.90 Å². The van der Waals surface area contributed by atoms with Crippen LogP contribution in [0.5, 0.6) is 11.5 Å². The number of hydrogen-bond donors (Lipinski definition) is 1. The van der Waals surface area contributed by atoms with Gasteiger partial charge in [-0.05, 0) is 89.3 Å². The molecule has 0 amide bonds. The molecule has 28 heavy (non-hydrogen) atoms. The van der Waals surface area contributed by atoms with Crippen LogP contribution in [0.1, 0.15) is 63.3 Å². The quantitative estimate of drug-likeness (QED) is 0.712. The number of ether oxygens (including phenoxy) is 1. The van der Waals surface area contributed by atoms with Gasteiger partial charge in [0.15, 0.2) is 11.5 Å². The SMILES string of the molecule is Cc1ccc(F)c2c1CN(C(C)(C)CCc1ccc(O)c(OC(C)(C)C)c1)C2. The Morgan fingerprint density at radius 2 is 1.71 bits per heavy atom. The van der Waals surface area contributed by atoms with Crippen molar-refractivity contribution in [3.05, 3.63) is 58.4 Å². The number of fused-ring (bicyclic) bond motifs is 1. The topological polar surface area (TPSA) is 32.7 Å². The number of aryl methyl sites for hydroxylation is 2. The number of halogens is 1. The predicted molar refractivity (Wildman–Crippen MR) is 111 cm³/mol. The van der Waals surface area contributed by atoms with Crippen LogP contribution in [0.2, 0.25) is 0 Å². The van der Waals surface area contributed by atoms with E-state index in [-0.39, 0.29) is 22.7 Å². The third-order valence-corrected chi connectivity index (χ3v) is 5.63. The molecule has 1 heterocycles. The second kappa shape index (κ2) is 7.40. The molecule has 0 bridgehead atoms. The molecule has 0 atom stereocenters. The molecular formula is C24H32FNO2. The molecule has 0 unspecified atom stereocenters. The highest BCUT2D eigenvalue weighted by Crippen LogP contribution is 2.36. The summed E-state index contributed by atoms with van der Waals surface area (Å²) >= 11 is 0. The molecule has 2 aromatic rings. The fraction of sp³-hybridized carbons (Fsp3) is 0.500. The molecule has 0 radical (unpaired) electrons. The van der Waals surface area contributed by atoms with Crippen LogP contribution in [-0.2, 0) is 19.5 Å². The molecule has 0 fully saturated rings. The second-order valence-electron chi connectivity index (χ2n) is 9.51. The zero-order valence-electron chi connectivity index (χ0n) is 17.9. The van der Waals surface area contributed by atoms with E-state index >= 15 is 0 Å². The highest BCUT2D eigenvalue weighted by molar-refractivity contribution is 5.42. The van der Waals surface area contributed by atoms with Crippen molar-refractivity contribution in [3.63, 3.8) is 0 Å². The van der Waals surface area contributed by atoms with Crippen LogP contribution < -0.4 is 4.74 Å². The Bertz CT molecular complexity index is 837. The van der Waals surface area contributed by atoms with Gasteiger partial charge >= 0.3 is 0 Å². The zero-order chi connectivity index (χ0) is 20.7. The van der Waals surface area contributed by atoms with Crippen molar-refractivity contribution >= 4 is 0 Å². The number of phenolic OH excluding ortho intramolecular Hbond substituents is 1. The molecular weight excluding hydrogens is 353 g/mol. The lowest BCUT2D eigenvalue weighted by Crippen LogP contribution is -2.40. The minimum Gasteiger partial charge on any atom is -0.504 e. The van der Waals surface area contributed by atoms with Crippen molar-refractivity contribution in [1.82, 2.24) is 4.90 Å². The Labute approximate surface area is 168 Å². The van der Waals surface area contributed by atoms with Crippen molar-refractivity contribution in [2.24, 2.45) is 0 Å². The summed E-state index contributed by atoms with van der Waals surface area (Å²) in [7, 11) is 0. The summed E-state index contributed by atoms with van der Waals surface area (Å²) in [6, 6.07) is 9.03. The maximum atomic E-state index is 14.2. The smallest absolute Gasteiger partial charge is 0.161 e. The van der Waals surface area contributed by atoms with Crippen LogP contribution in [0.15, 0.2) is 30.3 Å². The average molecular weight is 386 g/mol. The largest absolute Gasteiger partial charge is 0.504 e. The lowest BCUT2D eigenvalue weighted by atomic mass is 9.93. The Hall–Kier alpha value is -2.07. The number of hydrogen-bond acceptors (Lipinski definition) is 3. The third-order valence-electron chi connectivity index (χ3n) is 5.63. The molecule has 0 saturated heterocycles. The number of nitrogens with zero attached hydrogens (tertiary/aromatic N) is 1. The van der Waals surface area contributed by atoms with Crippen LogP contribution >= 0.6 is 0 Å². The van der Waals surface area contributed by atoms with Gasteiger partial charge in [-0.1, -0.05) is 12.1 Å². The van der Waals surface area contributed by atoms with Crippen molar-refractivity contribution < 1.29 is 14.2 Å². The first-order valence-corrected chi connectivity index (χ1v) is 9.99. The van der Waals surface area contributed by atoms with Crippen molar-refractivity contribution in [2.45, 2.75) is 78.6 Å². The van der Waals surface area contributed by atoms with Gasteiger partial charge in [0.2, 0.25) is 0 Å². The average Bonchev–Trinajstić information content (AvgIpc) is 3.05. The lowest BCUT2D eigenvalue weighted by Gasteiger charge is -2.35. The third kappa shape index (κ3) is 4.49. The molecule has 0 aromatic heterocycles. The van der Waals surface area contributed by atoms with Gasteiger partial charge in [-0.15, -0.1) is 0 Å². The van der Waals surface area contributed by atoms with E-state index in [1.165, 1.54) is 0 Å². The van der Waals surface area contributed by atoms with E-state index in [1.54, 1.807) is 12.1 Å². The Morgan fingerprint density at radius 1 is 1.04 bits per heavy atom. The Kier molecular flexibility index (Phi) is 5.46. The molecule has 0 spiro atoms. The minimum absolute atomic E-state index is 0.0686. The van der Waals surface area contributed by atoms with Crippen LogP contribution in [0, 0.1) is 12.7 Å². The molecule has 3 rings (SSSR count). The van der Waals surface area contributed by atoms with Gasteiger partial charge in [-0.2, -0.15) is 0 Å². The lowest BCUT2D eigenvalue weighted by molar-refractivity contribution is 0.108. The first-order chi connectivity index (χ1) is 13.0. The van der Waals surface area contributed by atoms with E-state index in [0.29, 0.717) is 12.3 Å². The van der Waals surface area contributed by atoms with Gasteiger partial charge in [0.05, 0.1) is 0 Å². The van der Waals surface area contributed by atoms with E-state index in [9.17, 15) is 9.50 Å². The van der Waals surface area contributed by atoms with E-state index in [0.717, 1.165) is 41.6 Å². The molecule has 4 heteroatoms. The fourth-order valence-corrected chi connectivity index (χ4v) is 3.77. The van der Waals surface area contributed by atoms with Gasteiger partial charge in [0, 0.05) is 24.2 Å². The van der Waals surface area contributed by atoms with Crippen molar-refractivity contribution in [1.29, 1.82) is 0 Å². The first kappa shape index (κ1) is 20.7. The van der Waals surface area contributed by atoms with Crippen molar-refractivity contribution in [3.8, 4) is 11.5 Å². The van der Waals surface area contributed by atoms with Crippen LogP contribution in [0.4, 0.5) is 4.39 Å². The van der Waals surface area contributed by atoms with Gasteiger partial charge in [-0.25, -0.2) is 4.39 Å². The molecule has 1 aliphatic rings. The summed E-state index contributed by atoms with van der Waals surface area (Å²) in [5, 5.41) is 10.1. The summed E-state index contributed by atoms with van der Waals surface area (Å²) in [6.07, 6.45) is 1.80. The van der Waals surface area contributed by atoms with Crippen LogP contribution in [0.3, 0.4) is 0 Å². The fourth-order valence-electron chi connectivity index (χ4n) is 3.77. The van der Waals surface area contributed by atoms with Gasteiger partial charge in [0.25, 0.3) is 0 Å². The normalized spacial score (nSPS) is 15.0. The number of benzene rings is 2. The minimum atomic E-state index is -0.362. The Balaban J connectivity index is 1.70. The summed E-state index contributed by atoms with van der Waals surface area (Å²) in [5.41, 5.74) is 3.85. The predicted octanol–water partition coefficient (Wildman–Crippen LogP) is 5.74. The molecule has 152 valence electrons. The monoisotopic (exact) mass is 385 g/mol. The number of rotatable bonds is 5. The number of aromatic hydroxyl groups is 1. The van der Waals surface area contributed by atoms with Crippen LogP contribution in [0.25, 0.3) is 0 Å². The summed E-state index contributed by atoms with van der Waals surface area (Å²) in [6.45, 7) is 13.8. The molecule has 0 aliphatic carbocycles. The van der Waals surface area contributed by atoms with E-state index < -0.39 is 0 Å². The maximum Gasteiger partial charge on any atom is 0.161 e. The molecule has 3 nitrogen and oxygen atoms in total. The summed E-state index contributed by atoms with van der Waals surface area (Å²) in [5.74, 6) is 0.592. The first-order valence-electron chi connectivity index (χ1n) is 9.99. The van der Waals surface area contributed by atoms with E-state index in [1.807, 2.05) is 39.0 Å². The van der Waals surface area contributed by atoms with Gasteiger partial charge in [0.1, 0.15) is 11.4 Å². The Morgan fingerprint density at radius 3 is 2.36 bits per heavy atom. The standard InChI is InChI=1S/C24H32FNO2/c1-16-7-9-20(25)19-15-26(14-18(16)19)24(5,6)12-11-17-8-10-21(27)22(13-17)28-23(2,3)4/h7-10,13,27H,11-12,14-15H2,1-6H3. The molecule has 2 aromatic carbocycles. The molecule has 1 aliphatic heterocycles. The van der Waals surface area contributed by atoms with Crippen LogP contribution in [-0.4, -0.2) is 21.1 Å². The van der Waals surface area contributed by atoms with Crippen molar-refractivity contribution in [2.75, 3.05) is 0 Å². The van der Waals surface area contributed by atoms with E-state index in [4.69, 9.17) is 4.74 Å².